The van der Waals surface area contributed by atoms with Crippen molar-refractivity contribution in [3.63, 3.8) is 0 Å². The number of morpholine rings is 1. The summed E-state index contributed by atoms with van der Waals surface area (Å²) >= 11 is 7.26. The molecule has 0 aromatic heterocycles. The molecule has 1 fully saturated rings. The molecule has 1 amide bonds. The zero-order chi connectivity index (χ0) is 13.0. The normalized spacial score (nSPS) is 15.7. The lowest BCUT2D eigenvalue weighted by Gasteiger charge is -2.26. The average Bonchev–Trinajstić information content (AvgIpc) is 2.38. The Bertz CT molecular complexity index is 436. The van der Waals surface area contributed by atoms with Crippen LogP contribution in [0.15, 0.2) is 23.1 Å². The van der Waals surface area contributed by atoms with Gasteiger partial charge in [-0.05, 0) is 18.2 Å². The first kappa shape index (κ1) is 13.5. The molecule has 0 radical (unpaired) electrons. The van der Waals surface area contributed by atoms with Gasteiger partial charge in [-0.3, -0.25) is 4.79 Å². The molecule has 1 aromatic carbocycles. The first-order valence-corrected chi connectivity index (χ1v) is 7.06. The third-order valence-electron chi connectivity index (χ3n) is 2.69. The number of amides is 1. The van der Waals surface area contributed by atoms with Gasteiger partial charge in [-0.2, -0.15) is 0 Å². The maximum absolute atomic E-state index is 11.9. The molecule has 4 nitrogen and oxygen atoms in total. The molecule has 1 aliphatic heterocycles. The number of rotatable bonds is 3. The summed E-state index contributed by atoms with van der Waals surface area (Å²) in [5, 5.41) is 0.608. The van der Waals surface area contributed by atoms with Crippen molar-refractivity contribution >= 4 is 35.0 Å². The third-order valence-corrected chi connectivity index (χ3v) is 4.00. The molecule has 1 saturated heterocycles. The van der Waals surface area contributed by atoms with Crippen molar-refractivity contribution in [1.29, 1.82) is 0 Å². The Kier molecular flexibility index (Phi) is 4.74. The van der Waals surface area contributed by atoms with Crippen LogP contribution < -0.4 is 5.73 Å². The predicted octanol–water partition coefficient (Wildman–Crippen LogP) is 1.87. The Labute approximate surface area is 115 Å². The van der Waals surface area contributed by atoms with E-state index in [1.54, 1.807) is 12.1 Å². The van der Waals surface area contributed by atoms with Gasteiger partial charge in [0.25, 0.3) is 0 Å². The highest BCUT2D eigenvalue weighted by molar-refractivity contribution is 8.00. The van der Waals surface area contributed by atoms with E-state index < -0.39 is 0 Å². The number of benzene rings is 1. The largest absolute Gasteiger partial charge is 0.398 e. The number of anilines is 1. The highest BCUT2D eigenvalue weighted by atomic mass is 35.5. The van der Waals surface area contributed by atoms with Crippen LogP contribution in [0.2, 0.25) is 5.02 Å². The number of halogens is 1. The number of carbonyl (C=O) groups is 1. The minimum atomic E-state index is 0.123. The lowest BCUT2D eigenvalue weighted by Crippen LogP contribution is -2.41. The molecule has 0 bridgehead atoms. The van der Waals surface area contributed by atoms with Crippen LogP contribution in [0, 0.1) is 0 Å². The van der Waals surface area contributed by atoms with E-state index in [0.29, 0.717) is 42.8 Å². The van der Waals surface area contributed by atoms with Gasteiger partial charge in [0.2, 0.25) is 5.91 Å². The third kappa shape index (κ3) is 3.54. The van der Waals surface area contributed by atoms with Gasteiger partial charge in [0.15, 0.2) is 0 Å². The van der Waals surface area contributed by atoms with E-state index in [4.69, 9.17) is 22.1 Å². The molecule has 1 aromatic rings. The Balaban J connectivity index is 1.88. The SMILES string of the molecule is Nc1cc(Cl)ccc1SCC(=O)N1CCOCC1. The summed E-state index contributed by atoms with van der Waals surface area (Å²) in [6, 6.07) is 5.32. The standard InChI is InChI=1S/C12H15ClN2O2S/c13-9-1-2-11(10(14)7-9)18-8-12(16)15-3-5-17-6-4-15/h1-2,7H,3-6,8,14H2. The molecule has 2 N–H and O–H groups in total. The number of nitrogen functional groups attached to an aromatic ring is 1. The second-order valence-corrected chi connectivity index (χ2v) is 5.42. The zero-order valence-electron chi connectivity index (χ0n) is 9.89. The smallest absolute Gasteiger partial charge is 0.233 e. The van der Waals surface area contributed by atoms with E-state index >= 15 is 0 Å². The Morgan fingerprint density at radius 3 is 2.83 bits per heavy atom. The summed E-state index contributed by atoms with van der Waals surface area (Å²) in [7, 11) is 0. The number of hydrogen-bond acceptors (Lipinski definition) is 4. The molecule has 98 valence electrons. The zero-order valence-corrected chi connectivity index (χ0v) is 11.5. The van der Waals surface area contributed by atoms with Gasteiger partial charge in [-0.15, -0.1) is 11.8 Å². The second kappa shape index (κ2) is 6.31. The number of thioether (sulfide) groups is 1. The van der Waals surface area contributed by atoms with E-state index in [1.807, 2.05) is 11.0 Å². The highest BCUT2D eigenvalue weighted by Gasteiger charge is 2.17. The monoisotopic (exact) mass is 286 g/mol. The molecule has 0 spiro atoms. The van der Waals surface area contributed by atoms with Gasteiger partial charge < -0.3 is 15.4 Å². The van der Waals surface area contributed by atoms with Crippen molar-refractivity contribution in [2.24, 2.45) is 0 Å². The van der Waals surface area contributed by atoms with Crippen molar-refractivity contribution < 1.29 is 9.53 Å². The maximum atomic E-state index is 11.9. The molecular formula is C12H15ClN2O2S. The lowest BCUT2D eigenvalue weighted by molar-refractivity contribution is -0.132. The molecule has 0 unspecified atom stereocenters. The Hall–Kier alpha value is -0.910. The molecule has 0 saturated carbocycles. The fourth-order valence-corrected chi connectivity index (χ4v) is 2.73. The maximum Gasteiger partial charge on any atom is 0.233 e. The van der Waals surface area contributed by atoms with E-state index in [2.05, 4.69) is 0 Å². The van der Waals surface area contributed by atoms with Gasteiger partial charge in [0.05, 0.1) is 19.0 Å². The summed E-state index contributed by atoms with van der Waals surface area (Å²) in [5.74, 6) is 0.517. The number of nitrogens with two attached hydrogens (primary N) is 1. The van der Waals surface area contributed by atoms with Gasteiger partial charge in [-0.1, -0.05) is 11.6 Å². The molecule has 1 aliphatic rings. The molecule has 18 heavy (non-hydrogen) atoms. The van der Waals surface area contributed by atoms with Gasteiger partial charge >= 0.3 is 0 Å². The van der Waals surface area contributed by atoms with E-state index in [9.17, 15) is 4.79 Å². The van der Waals surface area contributed by atoms with Crippen molar-refractivity contribution in [1.82, 2.24) is 4.90 Å². The van der Waals surface area contributed by atoms with Crippen LogP contribution in [0.25, 0.3) is 0 Å². The van der Waals surface area contributed by atoms with E-state index in [1.165, 1.54) is 11.8 Å². The van der Waals surface area contributed by atoms with Crippen molar-refractivity contribution in [2.75, 3.05) is 37.8 Å². The summed E-state index contributed by atoms with van der Waals surface area (Å²) in [5.41, 5.74) is 6.45. The number of nitrogens with zero attached hydrogens (tertiary/aromatic N) is 1. The summed E-state index contributed by atoms with van der Waals surface area (Å²) in [6.45, 7) is 2.60. The molecular weight excluding hydrogens is 272 g/mol. The van der Waals surface area contributed by atoms with Crippen molar-refractivity contribution in [3.05, 3.63) is 23.2 Å². The molecule has 0 aliphatic carbocycles. The quantitative estimate of drug-likeness (QED) is 0.681. The topological polar surface area (TPSA) is 55.6 Å². The van der Waals surface area contributed by atoms with Crippen LogP contribution in [0.5, 0.6) is 0 Å². The van der Waals surface area contributed by atoms with Crippen LogP contribution >= 0.6 is 23.4 Å². The summed E-state index contributed by atoms with van der Waals surface area (Å²) in [4.78, 5) is 14.6. The van der Waals surface area contributed by atoms with Crippen LogP contribution in [0.1, 0.15) is 0 Å². The van der Waals surface area contributed by atoms with Gasteiger partial charge in [0.1, 0.15) is 0 Å². The van der Waals surface area contributed by atoms with Crippen LogP contribution in [-0.2, 0) is 9.53 Å². The molecule has 6 heteroatoms. The first-order valence-electron chi connectivity index (χ1n) is 5.70. The number of carbonyl (C=O) groups excluding carboxylic acids is 1. The van der Waals surface area contributed by atoms with Gasteiger partial charge in [-0.25, -0.2) is 0 Å². The van der Waals surface area contributed by atoms with E-state index in [0.717, 1.165) is 4.90 Å². The predicted molar refractivity (Wildman–Crippen MR) is 74.0 cm³/mol. The average molecular weight is 287 g/mol. The van der Waals surface area contributed by atoms with Crippen LogP contribution in [0.4, 0.5) is 5.69 Å². The fraction of sp³-hybridized carbons (Fsp3) is 0.417. The number of ether oxygens (including phenoxy) is 1. The Morgan fingerprint density at radius 1 is 1.44 bits per heavy atom. The van der Waals surface area contributed by atoms with Gasteiger partial charge in [0, 0.05) is 28.7 Å². The molecule has 1 heterocycles. The molecule has 0 atom stereocenters. The Morgan fingerprint density at radius 2 is 2.17 bits per heavy atom. The second-order valence-electron chi connectivity index (χ2n) is 3.96. The minimum Gasteiger partial charge on any atom is -0.398 e. The highest BCUT2D eigenvalue weighted by Crippen LogP contribution is 2.27. The fourth-order valence-electron chi connectivity index (χ4n) is 1.69. The summed E-state index contributed by atoms with van der Waals surface area (Å²) in [6.07, 6.45) is 0. The molecule has 2 rings (SSSR count). The van der Waals surface area contributed by atoms with Crippen molar-refractivity contribution in [2.45, 2.75) is 4.90 Å². The van der Waals surface area contributed by atoms with E-state index in [-0.39, 0.29) is 5.91 Å². The minimum absolute atomic E-state index is 0.123. The summed E-state index contributed by atoms with van der Waals surface area (Å²) < 4.78 is 5.21. The van der Waals surface area contributed by atoms with Crippen LogP contribution in [-0.4, -0.2) is 42.9 Å². The van der Waals surface area contributed by atoms with Crippen molar-refractivity contribution in [3.8, 4) is 0 Å². The first-order chi connectivity index (χ1) is 8.66. The van der Waals surface area contributed by atoms with Crippen LogP contribution in [0.3, 0.4) is 0 Å². The lowest BCUT2D eigenvalue weighted by atomic mass is 10.3. The number of hydrogen-bond donors (Lipinski definition) is 1.